The molecule has 1 atom stereocenters. The number of hydrogen-bond donors (Lipinski definition) is 1. The van der Waals surface area contributed by atoms with E-state index < -0.39 is 4.92 Å². The van der Waals surface area contributed by atoms with Crippen molar-refractivity contribution >= 4 is 29.0 Å². The van der Waals surface area contributed by atoms with Crippen molar-refractivity contribution < 1.29 is 14.5 Å². The molecule has 1 heterocycles. The standard InChI is InChI=1S/C22H25N5O4S/c1-5-26-21(16(4)31-19-10-9-14(2)11-15(19)3)24-25-22(26)32-13-20(28)23-17-7-6-8-18(12-17)27(29)30/h6-12,16H,5,13H2,1-4H3,(H,23,28). The normalized spacial score (nSPS) is 11.8. The van der Waals surface area contributed by atoms with Crippen molar-refractivity contribution in [1.29, 1.82) is 0 Å². The zero-order chi connectivity index (χ0) is 23.3. The van der Waals surface area contributed by atoms with Gasteiger partial charge in [0.15, 0.2) is 17.1 Å². The van der Waals surface area contributed by atoms with Gasteiger partial charge in [0.2, 0.25) is 5.91 Å². The van der Waals surface area contributed by atoms with E-state index in [1.165, 1.54) is 35.5 Å². The number of thioether (sulfide) groups is 1. The third kappa shape index (κ3) is 5.64. The van der Waals surface area contributed by atoms with Crippen molar-refractivity contribution in [2.24, 2.45) is 0 Å². The topological polar surface area (TPSA) is 112 Å². The quantitative estimate of drug-likeness (QED) is 0.283. The fourth-order valence-electron chi connectivity index (χ4n) is 3.20. The number of non-ortho nitro benzene ring substituents is 1. The van der Waals surface area contributed by atoms with Gasteiger partial charge >= 0.3 is 0 Å². The smallest absolute Gasteiger partial charge is 0.271 e. The molecule has 1 unspecified atom stereocenters. The fourth-order valence-corrected chi connectivity index (χ4v) is 4.01. The van der Waals surface area contributed by atoms with Crippen molar-refractivity contribution in [2.75, 3.05) is 11.1 Å². The average molecular weight is 456 g/mol. The number of aromatic nitrogens is 3. The molecule has 2 aromatic carbocycles. The summed E-state index contributed by atoms with van der Waals surface area (Å²) in [5.74, 6) is 1.27. The second-order valence-electron chi connectivity index (χ2n) is 7.26. The molecule has 0 radical (unpaired) electrons. The third-order valence-corrected chi connectivity index (χ3v) is 5.70. The maximum Gasteiger partial charge on any atom is 0.271 e. The van der Waals surface area contributed by atoms with Crippen LogP contribution in [0, 0.1) is 24.0 Å². The number of aryl methyl sites for hydroxylation is 2. The largest absolute Gasteiger partial charge is 0.482 e. The van der Waals surface area contributed by atoms with Crippen LogP contribution >= 0.6 is 11.8 Å². The number of nitro benzene ring substituents is 1. The van der Waals surface area contributed by atoms with Crippen LogP contribution in [0.1, 0.15) is 36.9 Å². The lowest BCUT2D eigenvalue weighted by atomic mass is 10.1. The highest BCUT2D eigenvalue weighted by atomic mass is 32.2. The van der Waals surface area contributed by atoms with Crippen LogP contribution in [-0.4, -0.2) is 31.3 Å². The van der Waals surface area contributed by atoms with Gasteiger partial charge in [0.1, 0.15) is 5.75 Å². The molecule has 0 aliphatic heterocycles. The van der Waals surface area contributed by atoms with Gasteiger partial charge in [-0.25, -0.2) is 0 Å². The van der Waals surface area contributed by atoms with E-state index in [2.05, 4.69) is 21.6 Å². The van der Waals surface area contributed by atoms with Gasteiger partial charge in [-0.05, 0) is 45.4 Å². The Kier molecular flexibility index (Phi) is 7.47. The van der Waals surface area contributed by atoms with Gasteiger partial charge in [0.05, 0.1) is 10.7 Å². The van der Waals surface area contributed by atoms with E-state index in [0.717, 1.165) is 11.3 Å². The number of anilines is 1. The molecule has 10 heteroatoms. The Morgan fingerprint density at radius 1 is 1.25 bits per heavy atom. The van der Waals surface area contributed by atoms with E-state index in [9.17, 15) is 14.9 Å². The van der Waals surface area contributed by atoms with Crippen LogP contribution < -0.4 is 10.1 Å². The Morgan fingerprint density at radius 3 is 2.72 bits per heavy atom. The number of amides is 1. The third-order valence-electron chi connectivity index (χ3n) is 4.73. The summed E-state index contributed by atoms with van der Waals surface area (Å²) in [6.45, 7) is 8.55. The van der Waals surface area contributed by atoms with Crippen molar-refractivity contribution in [3.63, 3.8) is 0 Å². The first-order valence-electron chi connectivity index (χ1n) is 10.1. The second kappa shape index (κ2) is 10.3. The lowest BCUT2D eigenvalue weighted by Crippen LogP contribution is -2.15. The molecule has 9 nitrogen and oxygen atoms in total. The van der Waals surface area contributed by atoms with E-state index in [4.69, 9.17) is 4.74 Å². The minimum atomic E-state index is -0.503. The van der Waals surface area contributed by atoms with Crippen molar-refractivity contribution in [3.8, 4) is 5.75 Å². The number of carbonyl (C=O) groups excluding carboxylic acids is 1. The Bertz CT molecular complexity index is 1130. The molecule has 32 heavy (non-hydrogen) atoms. The summed E-state index contributed by atoms with van der Waals surface area (Å²) in [5, 5.41) is 22.7. The molecular weight excluding hydrogens is 430 g/mol. The molecule has 0 fully saturated rings. The molecule has 168 valence electrons. The van der Waals surface area contributed by atoms with Gasteiger partial charge in [-0.2, -0.15) is 0 Å². The summed E-state index contributed by atoms with van der Waals surface area (Å²) >= 11 is 1.25. The van der Waals surface area contributed by atoms with E-state index in [-0.39, 0.29) is 23.5 Å². The van der Waals surface area contributed by atoms with E-state index in [1.807, 2.05) is 44.4 Å². The first kappa shape index (κ1) is 23.3. The highest BCUT2D eigenvalue weighted by Crippen LogP contribution is 2.27. The average Bonchev–Trinajstić information content (AvgIpc) is 3.17. The number of nitrogens with zero attached hydrogens (tertiary/aromatic N) is 4. The van der Waals surface area contributed by atoms with E-state index in [0.29, 0.717) is 23.2 Å². The molecular formula is C22H25N5O4S. The van der Waals surface area contributed by atoms with Crippen LogP contribution in [0.15, 0.2) is 47.6 Å². The van der Waals surface area contributed by atoms with Crippen LogP contribution in [-0.2, 0) is 11.3 Å². The van der Waals surface area contributed by atoms with E-state index >= 15 is 0 Å². The van der Waals surface area contributed by atoms with Crippen molar-refractivity contribution in [2.45, 2.75) is 45.5 Å². The summed E-state index contributed by atoms with van der Waals surface area (Å²) in [6.07, 6.45) is -0.322. The maximum atomic E-state index is 12.3. The molecule has 3 aromatic rings. The van der Waals surface area contributed by atoms with Crippen LogP contribution in [0.5, 0.6) is 5.75 Å². The molecule has 1 amide bonds. The minimum Gasteiger partial charge on any atom is -0.482 e. The van der Waals surface area contributed by atoms with Crippen LogP contribution in [0.4, 0.5) is 11.4 Å². The summed E-state index contributed by atoms with van der Waals surface area (Å²) in [7, 11) is 0. The Hall–Kier alpha value is -3.40. The van der Waals surface area contributed by atoms with Crippen molar-refractivity contribution in [1.82, 2.24) is 14.8 Å². The maximum absolute atomic E-state index is 12.3. The number of ether oxygens (including phenoxy) is 1. The van der Waals surface area contributed by atoms with Crippen LogP contribution in [0.25, 0.3) is 0 Å². The Balaban J connectivity index is 1.64. The number of carbonyl (C=O) groups is 1. The summed E-state index contributed by atoms with van der Waals surface area (Å²) in [4.78, 5) is 22.7. The van der Waals surface area contributed by atoms with Crippen molar-refractivity contribution in [3.05, 3.63) is 69.5 Å². The molecule has 1 N–H and O–H groups in total. The molecule has 0 bridgehead atoms. The summed E-state index contributed by atoms with van der Waals surface area (Å²) < 4.78 is 8.03. The van der Waals surface area contributed by atoms with Gasteiger partial charge < -0.3 is 14.6 Å². The zero-order valence-electron chi connectivity index (χ0n) is 18.4. The number of rotatable bonds is 9. The molecule has 1 aromatic heterocycles. The Labute approximate surface area is 190 Å². The number of hydrogen-bond acceptors (Lipinski definition) is 7. The predicted molar refractivity (Wildman–Crippen MR) is 123 cm³/mol. The summed E-state index contributed by atoms with van der Waals surface area (Å²) in [6, 6.07) is 11.8. The lowest BCUT2D eigenvalue weighted by Gasteiger charge is -2.17. The zero-order valence-corrected chi connectivity index (χ0v) is 19.2. The molecule has 0 saturated heterocycles. The van der Waals surface area contributed by atoms with Crippen LogP contribution in [0.2, 0.25) is 0 Å². The molecule has 0 aliphatic rings. The lowest BCUT2D eigenvalue weighted by molar-refractivity contribution is -0.384. The monoisotopic (exact) mass is 455 g/mol. The van der Waals surface area contributed by atoms with Gasteiger partial charge in [-0.3, -0.25) is 14.9 Å². The molecule has 0 spiro atoms. The molecule has 0 aliphatic carbocycles. The molecule has 3 rings (SSSR count). The minimum absolute atomic E-state index is 0.0800. The first-order valence-corrected chi connectivity index (χ1v) is 11.1. The highest BCUT2D eigenvalue weighted by molar-refractivity contribution is 7.99. The summed E-state index contributed by atoms with van der Waals surface area (Å²) in [5.41, 5.74) is 2.51. The van der Waals surface area contributed by atoms with Gasteiger partial charge in [-0.15, -0.1) is 10.2 Å². The number of nitro groups is 1. The highest BCUT2D eigenvalue weighted by Gasteiger charge is 2.20. The SMILES string of the molecule is CCn1c(SCC(=O)Nc2cccc([N+](=O)[O-])c2)nnc1C(C)Oc1ccc(C)cc1C. The van der Waals surface area contributed by atoms with Gasteiger partial charge in [0, 0.05) is 24.4 Å². The fraction of sp³-hybridized carbons (Fsp3) is 0.318. The first-order chi connectivity index (χ1) is 15.3. The van der Waals surface area contributed by atoms with Crippen LogP contribution in [0.3, 0.4) is 0 Å². The van der Waals surface area contributed by atoms with Gasteiger partial charge in [0.25, 0.3) is 5.69 Å². The predicted octanol–water partition coefficient (Wildman–Crippen LogP) is 4.69. The second-order valence-corrected chi connectivity index (χ2v) is 8.20. The number of nitrogens with one attached hydrogen (secondary N) is 1. The van der Waals surface area contributed by atoms with Gasteiger partial charge in [-0.1, -0.05) is 35.5 Å². The van der Waals surface area contributed by atoms with E-state index in [1.54, 1.807) is 6.07 Å². The molecule has 0 saturated carbocycles. The Morgan fingerprint density at radius 2 is 2.03 bits per heavy atom. The number of benzene rings is 2.